The Kier molecular flexibility index (Phi) is 8.18. The number of unbranched alkanes of at least 4 members (excludes halogenated alkanes) is 5. The molecule has 0 aromatic carbocycles. The molecule has 0 fully saturated rings. The van der Waals surface area contributed by atoms with Gasteiger partial charge in [-0.1, -0.05) is 39.0 Å². The summed E-state index contributed by atoms with van der Waals surface area (Å²) >= 11 is 1.76. The quantitative estimate of drug-likeness (QED) is 0.652. The molecule has 1 heterocycles. The van der Waals surface area contributed by atoms with Crippen LogP contribution in [-0.2, 0) is 12.8 Å². The van der Waals surface area contributed by atoms with Crippen molar-refractivity contribution < 1.29 is 0 Å². The lowest BCUT2D eigenvalue weighted by Crippen LogP contribution is -1.99. The van der Waals surface area contributed by atoms with Crippen molar-refractivity contribution >= 4 is 11.3 Å². The molecule has 0 atom stereocenters. The van der Waals surface area contributed by atoms with Gasteiger partial charge in [0, 0.05) is 12.8 Å². The first kappa shape index (κ1) is 14.6. The van der Waals surface area contributed by atoms with Crippen LogP contribution >= 0.6 is 11.3 Å². The Morgan fingerprint density at radius 3 is 2.12 bits per heavy atom. The van der Waals surface area contributed by atoms with Crippen molar-refractivity contribution in [2.45, 2.75) is 64.7 Å². The maximum Gasteiger partial charge on any atom is 0.117 e. The Hall–Kier alpha value is -0.480. The maximum absolute atomic E-state index is 5.48. The number of hydrogen-bond acceptors (Lipinski definition) is 4. The second-order valence-electron chi connectivity index (χ2n) is 4.50. The van der Waals surface area contributed by atoms with Crippen LogP contribution in [0.1, 0.15) is 61.9 Å². The van der Waals surface area contributed by atoms with Gasteiger partial charge in [0.05, 0.1) is 0 Å². The van der Waals surface area contributed by atoms with Crippen LogP contribution in [0.5, 0.6) is 0 Å². The van der Waals surface area contributed by atoms with Crippen LogP contribution in [0.4, 0.5) is 0 Å². The minimum atomic E-state index is 0.742. The molecule has 4 heteroatoms. The Balaban J connectivity index is 2.08. The fraction of sp³-hybridized carbons (Fsp3) is 0.846. The van der Waals surface area contributed by atoms with Crippen LogP contribution in [0, 0.1) is 0 Å². The first-order valence-electron chi connectivity index (χ1n) is 6.88. The van der Waals surface area contributed by atoms with Crippen LogP contribution < -0.4 is 5.73 Å². The van der Waals surface area contributed by atoms with E-state index in [1.165, 1.54) is 43.5 Å². The third kappa shape index (κ3) is 6.74. The molecule has 2 N–H and O–H groups in total. The van der Waals surface area contributed by atoms with Crippen LogP contribution in [0.25, 0.3) is 0 Å². The van der Waals surface area contributed by atoms with Crippen LogP contribution in [-0.4, -0.2) is 16.7 Å². The van der Waals surface area contributed by atoms with Crippen LogP contribution in [0.2, 0.25) is 0 Å². The Bertz CT molecular complexity index is 286. The fourth-order valence-electron chi connectivity index (χ4n) is 1.80. The molecule has 17 heavy (non-hydrogen) atoms. The summed E-state index contributed by atoms with van der Waals surface area (Å²) in [4.78, 5) is 0. The molecule has 0 unspecified atom stereocenters. The third-order valence-electron chi connectivity index (χ3n) is 2.85. The highest BCUT2D eigenvalue weighted by Gasteiger charge is 2.03. The van der Waals surface area contributed by atoms with Gasteiger partial charge in [-0.3, -0.25) is 0 Å². The molecule has 0 saturated heterocycles. The first-order chi connectivity index (χ1) is 8.36. The highest BCUT2D eigenvalue weighted by Crippen LogP contribution is 2.15. The van der Waals surface area contributed by atoms with Crippen molar-refractivity contribution in [3.8, 4) is 0 Å². The van der Waals surface area contributed by atoms with Gasteiger partial charge in [-0.2, -0.15) is 0 Å². The molecule has 3 nitrogen and oxygen atoms in total. The zero-order valence-electron chi connectivity index (χ0n) is 11.0. The average molecular weight is 255 g/mol. The molecule has 1 aromatic heterocycles. The van der Waals surface area contributed by atoms with E-state index in [0.717, 1.165) is 30.8 Å². The van der Waals surface area contributed by atoms with Crippen molar-refractivity contribution in [1.82, 2.24) is 10.2 Å². The van der Waals surface area contributed by atoms with E-state index in [1.54, 1.807) is 11.3 Å². The summed E-state index contributed by atoms with van der Waals surface area (Å²) < 4.78 is 0. The number of hydrogen-bond donors (Lipinski definition) is 1. The average Bonchev–Trinajstić information content (AvgIpc) is 2.79. The maximum atomic E-state index is 5.48. The molecule has 0 amide bonds. The van der Waals surface area contributed by atoms with Gasteiger partial charge >= 0.3 is 0 Å². The topological polar surface area (TPSA) is 51.8 Å². The molecule has 0 radical (unpaired) electrons. The molecule has 98 valence electrons. The summed E-state index contributed by atoms with van der Waals surface area (Å²) in [5, 5.41) is 10.8. The molecule has 0 aliphatic rings. The second-order valence-corrected chi connectivity index (χ2v) is 5.65. The van der Waals surface area contributed by atoms with Gasteiger partial charge in [0.2, 0.25) is 0 Å². The standard InChI is InChI=1S/C13H25N3S/c1-2-3-4-5-6-7-9-12-15-16-13(17-12)10-8-11-14/h2-11,14H2,1H3. The molecule has 0 aliphatic carbocycles. The van der Waals surface area contributed by atoms with Gasteiger partial charge in [0.25, 0.3) is 0 Å². The molecular weight excluding hydrogens is 230 g/mol. The zero-order valence-corrected chi connectivity index (χ0v) is 11.8. The number of aryl methyl sites for hydroxylation is 2. The first-order valence-corrected chi connectivity index (χ1v) is 7.69. The van der Waals surface area contributed by atoms with E-state index in [4.69, 9.17) is 5.73 Å². The number of aromatic nitrogens is 2. The zero-order chi connectivity index (χ0) is 12.3. The lowest BCUT2D eigenvalue weighted by molar-refractivity contribution is 0.606. The van der Waals surface area contributed by atoms with E-state index >= 15 is 0 Å². The van der Waals surface area contributed by atoms with Gasteiger partial charge in [-0.25, -0.2) is 0 Å². The van der Waals surface area contributed by atoms with Gasteiger partial charge in [0.1, 0.15) is 10.0 Å². The van der Waals surface area contributed by atoms with Crippen molar-refractivity contribution in [3.63, 3.8) is 0 Å². The van der Waals surface area contributed by atoms with E-state index < -0.39 is 0 Å². The van der Waals surface area contributed by atoms with E-state index in [0.29, 0.717) is 0 Å². The van der Waals surface area contributed by atoms with E-state index in [-0.39, 0.29) is 0 Å². The lowest BCUT2D eigenvalue weighted by Gasteiger charge is -1.98. The summed E-state index contributed by atoms with van der Waals surface area (Å²) in [6, 6.07) is 0. The van der Waals surface area contributed by atoms with E-state index in [9.17, 15) is 0 Å². The summed E-state index contributed by atoms with van der Waals surface area (Å²) in [5.41, 5.74) is 5.48. The van der Waals surface area contributed by atoms with Crippen molar-refractivity contribution in [2.24, 2.45) is 5.73 Å². The molecule has 1 rings (SSSR count). The molecule has 0 bridgehead atoms. The minimum Gasteiger partial charge on any atom is -0.330 e. The van der Waals surface area contributed by atoms with Gasteiger partial charge in [-0.15, -0.1) is 21.5 Å². The van der Waals surface area contributed by atoms with Crippen LogP contribution in [0.15, 0.2) is 0 Å². The summed E-state index contributed by atoms with van der Waals surface area (Å²) in [7, 11) is 0. The predicted molar refractivity (Wildman–Crippen MR) is 74.4 cm³/mol. The number of nitrogens with zero attached hydrogens (tertiary/aromatic N) is 2. The summed E-state index contributed by atoms with van der Waals surface area (Å²) in [5.74, 6) is 0. The molecule has 1 aromatic rings. The summed E-state index contributed by atoms with van der Waals surface area (Å²) in [6.07, 6.45) is 11.2. The SMILES string of the molecule is CCCCCCCCc1nnc(CCCN)s1. The summed E-state index contributed by atoms with van der Waals surface area (Å²) in [6.45, 7) is 3.00. The fourth-order valence-corrected chi connectivity index (χ4v) is 2.73. The number of nitrogens with two attached hydrogens (primary N) is 1. The highest BCUT2D eigenvalue weighted by molar-refractivity contribution is 7.11. The Morgan fingerprint density at radius 1 is 0.882 bits per heavy atom. The Morgan fingerprint density at radius 2 is 1.47 bits per heavy atom. The van der Waals surface area contributed by atoms with Crippen molar-refractivity contribution in [3.05, 3.63) is 10.0 Å². The lowest BCUT2D eigenvalue weighted by atomic mass is 10.1. The molecule has 0 aliphatic heterocycles. The van der Waals surface area contributed by atoms with Crippen molar-refractivity contribution in [1.29, 1.82) is 0 Å². The second kappa shape index (κ2) is 9.54. The third-order valence-corrected chi connectivity index (χ3v) is 3.89. The van der Waals surface area contributed by atoms with Crippen LogP contribution in [0.3, 0.4) is 0 Å². The van der Waals surface area contributed by atoms with Crippen molar-refractivity contribution in [2.75, 3.05) is 6.54 Å². The van der Waals surface area contributed by atoms with Gasteiger partial charge < -0.3 is 5.73 Å². The van der Waals surface area contributed by atoms with Gasteiger partial charge in [0.15, 0.2) is 0 Å². The number of rotatable bonds is 10. The minimum absolute atomic E-state index is 0.742. The normalized spacial score (nSPS) is 10.9. The molecule has 0 saturated carbocycles. The van der Waals surface area contributed by atoms with Gasteiger partial charge in [-0.05, 0) is 19.4 Å². The molecular formula is C13H25N3S. The predicted octanol–water partition coefficient (Wildman–Crippen LogP) is 3.33. The van der Waals surface area contributed by atoms with E-state index in [2.05, 4.69) is 17.1 Å². The monoisotopic (exact) mass is 255 g/mol. The highest BCUT2D eigenvalue weighted by atomic mass is 32.1. The smallest absolute Gasteiger partial charge is 0.117 e. The van der Waals surface area contributed by atoms with E-state index in [1.807, 2.05) is 0 Å². The largest absolute Gasteiger partial charge is 0.330 e. The Labute approximate surface area is 109 Å². The molecule has 0 spiro atoms.